The number of aliphatic hydroxyl groups is 1. The number of pyridine rings is 1. The highest BCUT2D eigenvalue weighted by molar-refractivity contribution is 6.05. The van der Waals surface area contributed by atoms with E-state index in [0.29, 0.717) is 16.9 Å². The molecule has 208 valence electrons. The van der Waals surface area contributed by atoms with Gasteiger partial charge < -0.3 is 10.4 Å². The Morgan fingerprint density at radius 2 is 1.66 bits per heavy atom. The minimum atomic E-state index is -4.95. The molecule has 1 amide bonds. The number of benzene rings is 2. The maximum Gasteiger partial charge on any atom is 0.417 e. The normalized spacial score (nSPS) is 12.3. The van der Waals surface area contributed by atoms with E-state index in [1.54, 1.807) is 19.1 Å². The van der Waals surface area contributed by atoms with E-state index in [-0.39, 0.29) is 23.4 Å². The third-order valence-electron chi connectivity index (χ3n) is 6.02. The second-order valence-electron chi connectivity index (χ2n) is 8.86. The minimum Gasteiger partial charge on any atom is -0.389 e. The molecule has 8 nitrogen and oxygen atoms in total. The highest BCUT2D eigenvalue weighted by Crippen LogP contribution is 2.37. The molecular weight excluding hydrogens is 547 g/mol. The number of alkyl halides is 3. The van der Waals surface area contributed by atoms with Gasteiger partial charge in [0, 0.05) is 30.2 Å². The summed E-state index contributed by atoms with van der Waals surface area (Å²) in [6.45, 7) is 1.57. The van der Waals surface area contributed by atoms with Gasteiger partial charge in [0.05, 0.1) is 28.6 Å². The molecule has 41 heavy (non-hydrogen) atoms. The maximum absolute atomic E-state index is 15.0. The molecular formula is C28H19F5N6O2. The van der Waals surface area contributed by atoms with E-state index in [1.807, 2.05) is 0 Å². The largest absolute Gasteiger partial charge is 0.417 e. The Kier molecular flexibility index (Phi) is 7.28. The van der Waals surface area contributed by atoms with E-state index in [4.69, 9.17) is 0 Å². The van der Waals surface area contributed by atoms with Gasteiger partial charge in [0.15, 0.2) is 5.82 Å². The number of aromatic nitrogens is 5. The third kappa shape index (κ3) is 5.79. The summed E-state index contributed by atoms with van der Waals surface area (Å²) in [5, 5.41) is 16.7. The zero-order chi connectivity index (χ0) is 29.3. The predicted molar refractivity (Wildman–Crippen MR) is 138 cm³/mol. The second kappa shape index (κ2) is 10.8. The predicted octanol–water partition coefficient (Wildman–Crippen LogP) is 5.99. The highest BCUT2D eigenvalue weighted by atomic mass is 19.4. The van der Waals surface area contributed by atoms with Gasteiger partial charge in [-0.05, 0) is 61.0 Å². The molecule has 0 spiro atoms. The van der Waals surface area contributed by atoms with Crippen LogP contribution >= 0.6 is 0 Å². The van der Waals surface area contributed by atoms with Crippen molar-refractivity contribution in [2.75, 3.05) is 5.32 Å². The van der Waals surface area contributed by atoms with E-state index < -0.39 is 46.5 Å². The number of anilines is 1. The number of rotatable bonds is 6. The Bertz CT molecular complexity index is 1700. The van der Waals surface area contributed by atoms with Crippen LogP contribution in [0.4, 0.5) is 27.8 Å². The molecule has 0 aliphatic rings. The Hall–Kier alpha value is -5.04. The summed E-state index contributed by atoms with van der Waals surface area (Å²) >= 11 is 0. The van der Waals surface area contributed by atoms with Crippen molar-refractivity contribution in [1.29, 1.82) is 0 Å². The molecule has 0 aliphatic heterocycles. The number of halogens is 5. The average molecular weight is 566 g/mol. The number of aliphatic hydroxyl groups excluding tert-OH is 1. The number of carbonyl (C=O) groups is 1. The molecule has 5 aromatic rings. The van der Waals surface area contributed by atoms with Crippen LogP contribution in [0.1, 0.15) is 34.5 Å². The molecule has 3 aromatic heterocycles. The average Bonchev–Trinajstić information content (AvgIpc) is 3.36. The Morgan fingerprint density at radius 1 is 0.951 bits per heavy atom. The summed E-state index contributed by atoms with van der Waals surface area (Å²) in [6.07, 6.45) is -1.82. The molecule has 1 unspecified atom stereocenters. The molecule has 0 saturated carbocycles. The molecule has 0 saturated heterocycles. The fourth-order valence-corrected chi connectivity index (χ4v) is 3.97. The monoisotopic (exact) mass is 566 g/mol. The number of hydrogen-bond acceptors (Lipinski definition) is 6. The lowest BCUT2D eigenvalue weighted by Crippen LogP contribution is -2.18. The summed E-state index contributed by atoms with van der Waals surface area (Å²) in [4.78, 5) is 25.2. The van der Waals surface area contributed by atoms with Crippen molar-refractivity contribution in [3.63, 3.8) is 0 Å². The highest BCUT2D eigenvalue weighted by Gasteiger charge is 2.36. The molecule has 1 atom stereocenters. The molecule has 13 heteroatoms. The molecule has 2 aromatic carbocycles. The molecule has 3 heterocycles. The van der Waals surface area contributed by atoms with Gasteiger partial charge in [-0.15, -0.1) is 0 Å². The number of carbonyl (C=O) groups excluding carboxylic acids is 1. The van der Waals surface area contributed by atoms with Crippen molar-refractivity contribution < 1.29 is 31.9 Å². The Morgan fingerprint density at radius 3 is 2.27 bits per heavy atom. The first-order valence-corrected chi connectivity index (χ1v) is 12.0. The topological polar surface area (TPSA) is 106 Å². The molecule has 0 aliphatic carbocycles. The van der Waals surface area contributed by atoms with Crippen LogP contribution in [0.2, 0.25) is 0 Å². The number of amides is 1. The van der Waals surface area contributed by atoms with Crippen LogP contribution in [0, 0.1) is 11.6 Å². The van der Waals surface area contributed by atoms with Crippen LogP contribution in [0.25, 0.3) is 28.5 Å². The van der Waals surface area contributed by atoms with Crippen molar-refractivity contribution in [2.45, 2.75) is 19.2 Å². The second-order valence-corrected chi connectivity index (χ2v) is 8.86. The SMILES string of the molecule is CC(O)c1ccc(-c2cc(NC(=O)c3cc(-c4ncccn4)c(C(F)(F)F)cc3F)n(-c3ccc(F)cc3)n2)nc1. The third-order valence-corrected chi connectivity index (χ3v) is 6.02. The molecule has 0 fully saturated rings. The van der Waals surface area contributed by atoms with Crippen LogP contribution in [0.15, 0.2) is 79.3 Å². The summed E-state index contributed by atoms with van der Waals surface area (Å²) in [5.41, 5.74) is -1.14. The lowest BCUT2D eigenvalue weighted by atomic mass is 10.0. The van der Waals surface area contributed by atoms with Crippen LogP contribution < -0.4 is 5.32 Å². The van der Waals surface area contributed by atoms with Gasteiger partial charge in [-0.1, -0.05) is 6.07 Å². The van der Waals surface area contributed by atoms with Crippen molar-refractivity contribution in [3.05, 3.63) is 108 Å². The molecule has 2 N–H and O–H groups in total. The van der Waals surface area contributed by atoms with Crippen LogP contribution in [0.5, 0.6) is 0 Å². The van der Waals surface area contributed by atoms with Crippen molar-refractivity contribution in [1.82, 2.24) is 24.7 Å². The van der Waals surface area contributed by atoms with E-state index >= 15 is 0 Å². The molecule has 5 rings (SSSR count). The van der Waals surface area contributed by atoms with E-state index in [9.17, 15) is 31.9 Å². The van der Waals surface area contributed by atoms with Crippen LogP contribution in [0.3, 0.4) is 0 Å². The standard InChI is InChI=1S/C28H19F5N6O2/c1-15(40)16-3-8-23(36-14-16)24-13-25(39(38-24)18-6-4-17(29)5-7-18)37-27(41)20-11-19(26-34-9-2-10-35-26)21(12-22(20)30)28(31,32)33/h2-15,40H,1H3,(H,37,41). The van der Waals surface area contributed by atoms with Gasteiger partial charge in [0.1, 0.15) is 23.1 Å². The minimum absolute atomic E-state index is 0.00480. The first kappa shape index (κ1) is 27.5. The number of nitrogens with zero attached hydrogens (tertiary/aromatic N) is 5. The van der Waals surface area contributed by atoms with Crippen LogP contribution in [-0.4, -0.2) is 35.7 Å². The van der Waals surface area contributed by atoms with E-state index in [2.05, 4.69) is 25.4 Å². The quantitative estimate of drug-likeness (QED) is 0.245. The molecule has 0 bridgehead atoms. The van der Waals surface area contributed by atoms with Crippen molar-refractivity contribution in [3.8, 4) is 28.5 Å². The van der Waals surface area contributed by atoms with Crippen LogP contribution in [-0.2, 0) is 6.18 Å². The van der Waals surface area contributed by atoms with Gasteiger partial charge in [-0.3, -0.25) is 9.78 Å². The van der Waals surface area contributed by atoms with Gasteiger partial charge in [-0.2, -0.15) is 18.3 Å². The zero-order valence-corrected chi connectivity index (χ0v) is 21.1. The van der Waals surface area contributed by atoms with Gasteiger partial charge >= 0.3 is 6.18 Å². The summed E-state index contributed by atoms with van der Waals surface area (Å²) in [7, 11) is 0. The van der Waals surface area contributed by atoms with Crippen molar-refractivity contribution >= 4 is 11.7 Å². The van der Waals surface area contributed by atoms with Gasteiger partial charge in [-0.25, -0.2) is 23.4 Å². The number of hydrogen-bond donors (Lipinski definition) is 2. The summed E-state index contributed by atoms with van der Waals surface area (Å²) in [5.74, 6) is -3.38. The first-order valence-electron chi connectivity index (χ1n) is 12.0. The fraction of sp³-hybridized carbons (Fsp3) is 0.107. The van der Waals surface area contributed by atoms with Crippen molar-refractivity contribution in [2.24, 2.45) is 0 Å². The summed E-state index contributed by atoms with van der Waals surface area (Å²) < 4.78 is 70.9. The Labute approximate surface area is 229 Å². The summed E-state index contributed by atoms with van der Waals surface area (Å²) in [6, 6.07) is 12.1. The zero-order valence-electron chi connectivity index (χ0n) is 21.1. The van der Waals surface area contributed by atoms with E-state index in [0.717, 1.165) is 6.07 Å². The van der Waals surface area contributed by atoms with Gasteiger partial charge in [0.2, 0.25) is 0 Å². The smallest absolute Gasteiger partial charge is 0.389 e. The lowest BCUT2D eigenvalue weighted by Gasteiger charge is -2.15. The Balaban J connectivity index is 1.57. The maximum atomic E-state index is 15.0. The fourth-order valence-electron chi connectivity index (χ4n) is 3.97. The number of nitrogens with one attached hydrogen (secondary N) is 1. The molecule has 0 radical (unpaired) electrons. The van der Waals surface area contributed by atoms with Gasteiger partial charge in [0.25, 0.3) is 5.91 Å². The lowest BCUT2D eigenvalue weighted by molar-refractivity contribution is -0.137. The van der Waals surface area contributed by atoms with E-state index in [1.165, 1.54) is 59.7 Å². The first-order chi connectivity index (χ1) is 19.5.